The quantitative estimate of drug-likeness (QED) is 0.448. The van der Waals surface area contributed by atoms with E-state index in [9.17, 15) is 15.2 Å². The average Bonchev–Trinajstić information content (AvgIpc) is 3.20. The number of hydrogen-bond acceptors (Lipinski definition) is 7. The van der Waals surface area contributed by atoms with Gasteiger partial charge in [0.15, 0.2) is 6.29 Å². The van der Waals surface area contributed by atoms with Crippen molar-refractivity contribution in [3.05, 3.63) is 66.1 Å². The van der Waals surface area contributed by atoms with Crippen LogP contribution >= 0.6 is 0 Å². The number of carbonyl (C=O) groups is 1. The standard InChI is InChI=1S/C23H20N6O2/c1-15(31)12-27-23-25-11-9-21(28-23)29-17(8-10-24)13-26-22(29)19-7-6-16-4-2-3-5-18(16)20(19)14-30/h2-7,9,11,13-15,31H,8,12H2,1H3,(H,25,27,28). The maximum atomic E-state index is 12.0. The third-order valence-corrected chi connectivity index (χ3v) is 4.85. The van der Waals surface area contributed by atoms with Crippen LogP contribution in [-0.2, 0) is 6.42 Å². The number of hydrogen-bond donors (Lipinski definition) is 2. The van der Waals surface area contributed by atoms with Gasteiger partial charge in [-0.2, -0.15) is 10.2 Å². The molecule has 0 radical (unpaired) electrons. The van der Waals surface area contributed by atoms with Crippen LogP contribution in [0, 0.1) is 11.3 Å². The molecule has 0 aliphatic carbocycles. The Morgan fingerprint density at radius 3 is 2.84 bits per heavy atom. The van der Waals surface area contributed by atoms with Gasteiger partial charge in [-0.15, -0.1) is 0 Å². The first-order chi connectivity index (χ1) is 15.1. The summed E-state index contributed by atoms with van der Waals surface area (Å²) in [6, 6.07) is 15.3. The van der Waals surface area contributed by atoms with Gasteiger partial charge in [0.1, 0.15) is 11.6 Å². The molecule has 2 N–H and O–H groups in total. The third-order valence-electron chi connectivity index (χ3n) is 4.85. The number of nitrogens with one attached hydrogen (secondary N) is 1. The molecule has 0 bridgehead atoms. The van der Waals surface area contributed by atoms with Crippen LogP contribution in [0.2, 0.25) is 0 Å². The molecule has 0 fully saturated rings. The second-order valence-corrected chi connectivity index (χ2v) is 7.08. The SMILES string of the molecule is CC(O)CNc1nccc(-n2c(CC#N)cnc2-c2ccc3ccccc3c2C=O)n1. The van der Waals surface area contributed by atoms with Crippen molar-refractivity contribution in [1.82, 2.24) is 19.5 Å². The lowest BCUT2D eigenvalue weighted by molar-refractivity contribution is 0.112. The highest BCUT2D eigenvalue weighted by atomic mass is 16.3. The highest BCUT2D eigenvalue weighted by molar-refractivity contribution is 6.04. The Kier molecular flexibility index (Phi) is 5.69. The van der Waals surface area contributed by atoms with Gasteiger partial charge in [0.05, 0.1) is 30.5 Å². The molecule has 8 nitrogen and oxygen atoms in total. The summed E-state index contributed by atoms with van der Waals surface area (Å²) in [6.07, 6.45) is 3.60. The largest absolute Gasteiger partial charge is 0.392 e. The molecule has 2 aromatic heterocycles. The van der Waals surface area contributed by atoms with Crippen LogP contribution in [0.4, 0.5) is 5.95 Å². The maximum absolute atomic E-state index is 12.0. The smallest absolute Gasteiger partial charge is 0.224 e. The summed E-state index contributed by atoms with van der Waals surface area (Å²) in [7, 11) is 0. The Hall–Kier alpha value is -4.09. The first-order valence-electron chi connectivity index (χ1n) is 9.78. The summed E-state index contributed by atoms with van der Waals surface area (Å²) in [5.74, 6) is 1.36. The summed E-state index contributed by atoms with van der Waals surface area (Å²) in [6.45, 7) is 1.96. The molecule has 1 atom stereocenters. The van der Waals surface area contributed by atoms with Crippen molar-refractivity contribution in [2.45, 2.75) is 19.4 Å². The van der Waals surface area contributed by atoms with Gasteiger partial charge in [0, 0.05) is 23.9 Å². The van der Waals surface area contributed by atoms with Gasteiger partial charge in [-0.3, -0.25) is 9.36 Å². The van der Waals surface area contributed by atoms with Gasteiger partial charge in [0.2, 0.25) is 5.95 Å². The van der Waals surface area contributed by atoms with E-state index < -0.39 is 6.10 Å². The predicted octanol–water partition coefficient (Wildman–Crippen LogP) is 3.15. The third kappa shape index (κ3) is 3.99. The summed E-state index contributed by atoms with van der Waals surface area (Å²) >= 11 is 0. The zero-order valence-corrected chi connectivity index (χ0v) is 16.9. The van der Waals surface area contributed by atoms with Crippen molar-refractivity contribution in [3.63, 3.8) is 0 Å². The molecule has 2 heterocycles. The fraction of sp³-hybridized carbons (Fsp3) is 0.174. The van der Waals surface area contributed by atoms with E-state index in [-0.39, 0.29) is 6.42 Å². The monoisotopic (exact) mass is 412 g/mol. The molecule has 2 aromatic carbocycles. The number of rotatable bonds is 7. The van der Waals surface area contributed by atoms with Crippen molar-refractivity contribution in [1.29, 1.82) is 5.26 Å². The number of carbonyl (C=O) groups excluding carboxylic acids is 1. The van der Waals surface area contributed by atoms with Gasteiger partial charge in [0.25, 0.3) is 0 Å². The molecular weight excluding hydrogens is 392 g/mol. The van der Waals surface area contributed by atoms with E-state index in [1.807, 2.05) is 36.4 Å². The number of nitriles is 1. The fourth-order valence-electron chi connectivity index (χ4n) is 3.45. The topological polar surface area (TPSA) is 117 Å². The minimum Gasteiger partial charge on any atom is -0.392 e. The molecule has 4 rings (SSSR count). The second-order valence-electron chi connectivity index (χ2n) is 7.08. The maximum Gasteiger partial charge on any atom is 0.224 e. The lowest BCUT2D eigenvalue weighted by Gasteiger charge is -2.14. The van der Waals surface area contributed by atoms with E-state index in [0.717, 1.165) is 17.1 Å². The number of benzene rings is 2. The lowest BCUT2D eigenvalue weighted by atomic mass is 9.99. The first kappa shape index (κ1) is 20.2. The minimum atomic E-state index is -0.557. The number of aromatic nitrogens is 4. The number of aliphatic hydroxyl groups excluding tert-OH is 1. The predicted molar refractivity (Wildman–Crippen MR) is 117 cm³/mol. The highest BCUT2D eigenvalue weighted by Gasteiger charge is 2.19. The summed E-state index contributed by atoms with van der Waals surface area (Å²) in [5.41, 5.74) is 1.81. The zero-order chi connectivity index (χ0) is 21.8. The molecular formula is C23H20N6O2. The van der Waals surface area contributed by atoms with Gasteiger partial charge < -0.3 is 10.4 Å². The van der Waals surface area contributed by atoms with Crippen LogP contribution in [-0.4, -0.2) is 43.6 Å². The van der Waals surface area contributed by atoms with Crippen LogP contribution in [0.25, 0.3) is 28.0 Å². The van der Waals surface area contributed by atoms with Crippen molar-refractivity contribution in [2.75, 3.05) is 11.9 Å². The molecule has 154 valence electrons. The Bertz CT molecular complexity index is 1290. The molecule has 0 aliphatic rings. The summed E-state index contributed by atoms with van der Waals surface area (Å²) in [4.78, 5) is 25.3. The molecule has 0 amide bonds. The average molecular weight is 412 g/mol. The van der Waals surface area contributed by atoms with Crippen molar-refractivity contribution in [2.24, 2.45) is 0 Å². The number of aliphatic hydroxyl groups is 1. The van der Waals surface area contributed by atoms with Gasteiger partial charge in [-0.05, 0) is 29.8 Å². The molecule has 4 aromatic rings. The van der Waals surface area contributed by atoms with Crippen LogP contribution in [0.5, 0.6) is 0 Å². The van der Waals surface area contributed by atoms with E-state index in [1.54, 1.807) is 30.0 Å². The molecule has 8 heteroatoms. The number of nitrogens with zero attached hydrogens (tertiary/aromatic N) is 5. The molecule has 0 spiro atoms. The number of imidazole rings is 1. The second kappa shape index (κ2) is 8.73. The van der Waals surface area contributed by atoms with Crippen molar-refractivity contribution >= 4 is 23.0 Å². The molecule has 1 unspecified atom stereocenters. The Labute approximate surface area is 178 Å². The van der Waals surface area contributed by atoms with E-state index in [2.05, 4.69) is 26.3 Å². The van der Waals surface area contributed by atoms with Gasteiger partial charge in [-0.1, -0.05) is 30.3 Å². The normalized spacial score (nSPS) is 11.8. The van der Waals surface area contributed by atoms with E-state index in [0.29, 0.717) is 41.0 Å². The molecule has 0 saturated carbocycles. The minimum absolute atomic E-state index is 0.122. The van der Waals surface area contributed by atoms with E-state index >= 15 is 0 Å². The van der Waals surface area contributed by atoms with E-state index in [4.69, 9.17) is 0 Å². The molecule has 0 saturated heterocycles. The van der Waals surface area contributed by atoms with Crippen molar-refractivity contribution in [3.8, 4) is 23.3 Å². The number of fused-ring (bicyclic) bond motifs is 1. The molecule has 0 aliphatic heterocycles. The van der Waals surface area contributed by atoms with Crippen LogP contribution < -0.4 is 5.32 Å². The summed E-state index contributed by atoms with van der Waals surface area (Å²) in [5, 5.41) is 23.6. The summed E-state index contributed by atoms with van der Waals surface area (Å²) < 4.78 is 1.76. The van der Waals surface area contributed by atoms with Gasteiger partial charge >= 0.3 is 0 Å². The van der Waals surface area contributed by atoms with Crippen LogP contribution in [0.1, 0.15) is 23.0 Å². The fourth-order valence-corrected chi connectivity index (χ4v) is 3.45. The van der Waals surface area contributed by atoms with E-state index in [1.165, 1.54) is 0 Å². The molecule has 31 heavy (non-hydrogen) atoms. The zero-order valence-electron chi connectivity index (χ0n) is 16.9. The Morgan fingerprint density at radius 2 is 2.06 bits per heavy atom. The Morgan fingerprint density at radius 1 is 1.23 bits per heavy atom. The number of anilines is 1. The Balaban J connectivity index is 1.89. The number of aldehydes is 1. The lowest BCUT2D eigenvalue weighted by Crippen LogP contribution is -2.17. The van der Waals surface area contributed by atoms with Gasteiger partial charge in [-0.25, -0.2) is 9.97 Å². The first-order valence-corrected chi connectivity index (χ1v) is 9.78. The van der Waals surface area contributed by atoms with Crippen LogP contribution in [0.3, 0.4) is 0 Å². The highest BCUT2D eigenvalue weighted by Crippen LogP contribution is 2.31. The van der Waals surface area contributed by atoms with Crippen LogP contribution in [0.15, 0.2) is 54.9 Å². The van der Waals surface area contributed by atoms with Crippen molar-refractivity contribution < 1.29 is 9.90 Å².